The van der Waals surface area contributed by atoms with Crippen LogP contribution < -0.4 is 5.32 Å². The smallest absolute Gasteiger partial charge is 0.407 e. The van der Waals surface area contributed by atoms with Gasteiger partial charge in [-0.2, -0.15) is 0 Å². The van der Waals surface area contributed by atoms with Gasteiger partial charge >= 0.3 is 6.09 Å². The van der Waals surface area contributed by atoms with E-state index >= 15 is 0 Å². The molecule has 0 aromatic rings. The molecular formula is C8H14INO3. The van der Waals surface area contributed by atoms with Gasteiger partial charge in [-0.05, 0) is 5.92 Å². The van der Waals surface area contributed by atoms with Gasteiger partial charge in [-0.3, -0.25) is 4.79 Å². The standard InChI is InChI=1S/C8H14INO3/c1-4-5(2)6(7(9)11)10-8(12)13-3/h5-6H,4H2,1-3H3,(H,10,12). The van der Waals surface area contributed by atoms with Gasteiger partial charge in [0.2, 0.25) is 3.79 Å². The van der Waals surface area contributed by atoms with E-state index in [0.717, 1.165) is 6.42 Å². The zero-order valence-electron chi connectivity index (χ0n) is 7.96. The number of carbonyl (C=O) groups excluding carboxylic acids is 2. The number of halogens is 1. The average Bonchev–Trinajstić information content (AvgIpc) is 2.11. The SMILES string of the molecule is CCC(C)C(NC(=O)OC)C(=O)I. The first-order valence-electron chi connectivity index (χ1n) is 4.06. The van der Waals surface area contributed by atoms with Crippen LogP contribution in [0.5, 0.6) is 0 Å². The summed E-state index contributed by atoms with van der Waals surface area (Å²) in [5, 5.41) is 2.50. The molecule has 0 rings (SSSR count). The number of amides is 1. The van der Waals surface area contributed by atoms with E-state index in [-0.39, 0.29) is 9.71 Å². The van der Waals surface area contributed by atoms with Gasteiger partial charge in [0.05, 0.1) is 7.11 Å². The number of methoxy groups -OCH3 is 1. The van der Waals surface area contributed by atoms with Gasteiger partial charge in [0.25, 0.3) is 0 Å². The zero-order chi connectivity index (χ0) is 10.4. The maximum Gasteiger partial charge on any atom is 0.407 e. The maximum absolute atomic E-state index is 11.1. The van der Waals surface area contributed by atoms with Crippen LogP contribution in [-0.4, -0.2) is 23.0 Å². The van der Waals surface area contributed by atoms with Crippen molar-refractivity contribution in [1.29, 1.82) is 0 Å². The van der Waals surface area contributed by atoms with Crippen LogP contribution in [0.1, 0.15) is 20.3 Å². The lowest BCUT2D eigenvalue weighted by Gasteiger charge is -2.19. The molecule has 0 saturated carbocycles. The summed E-state index contributed by atoms with van der Waals surface area (Å²) in [6.45, 7) is 3.88. The Bertz CT molecular complexity index is 196. The van der Waals surface area contributed by atoms with Gasteiger partial charge in [0, 0.05) is 22.6 Å². The molecule has 0 saturated heterocycles. The van der Waals surface area contributed by atoms with E-state index in [1.807, 2.05) is 13.8 Å². The van der Waals surface area contributed by atoms with E-state index in [9.17, 15) is 9.59 Å². The highest BCUT2D eigenvalue weighted by atomic mass is 127. The average molecular weight is 299 g/mol. The Morgan fingerprint density at radius 2 is 2.08 bits per heavy atom. The quantitative estimate of drug-likeness (QED) is 0.635. The molecule has 0 aromatic heterocycles. The molecule has 2 atom stereocenters. The van der Waals surface area contributed by atoms with Crippen LogP contribution in [0.3, 0.4) is 0 Å². The summed E-state index contributed by atoms with van der Waals surface area (Å²) in [5.74, 6) is 0.128. The third kappa shape index (κ3) is 4.44. The second-order valence-corrected chi connectivity index (χ2v) is 3.87. The second kappa shape index (κ2) is 6.17. The van der Waals surface area contributed by atoms with Crippen LogP contribution in [0.15, 0.2) is 0 Å². The minimum absolute atomic E-state index is 0.0719. The van der Waals surface area contributed by atoms with Crippen molar-refractivity contribution in [3.63, 3.8) is 0 Å². The zero-order valence-corrected chi connectivity index (χ0v) is 10.1. The maximum atomic E-state index is 11.1. The fourth-order valence-corrected chi connectivity index (χ4v) is 1.61. The van der Waals surface area contributed by atoms with E-state index in [0.29, 0.717) is 0 Å². The molecule has 1 N–H and O–H groups in total. The first-order valence-corrected chi connectivity index (χ1v) is 5.14. The van der Waals surface area contributed by atoms with E-state index in [2.05, 4.69) is 10.1 Å². The molecule has 0 radical (unpaired) electrons. The highest BCUT2D eigenvalue weighted by Crippen LogP contribution is 2.11. The van der Waals surface area contributed by atoms with Crippen molar-refractivity contribution >= 4 is 32.5 Å². The largest absolute Gasteiger partial charge is 0.453 e. The molecule has 0 aliphatic rings. The first-order chi connectivity index (χ1) is 6.02. The highest BCUT2D eigenvalue weighted by Gasteiger charge is 2.23. The fraction of sp³-hybridized carbons (Fsp3) is 0.750. The van der Waals surface area contributed by atoms with E-state index in [4.69, 9.17) is 0 Å². The van der Waals surface area contributed by atoms with Crippen LogP contribution in [0, 0.1) is 5.92 Å². The molecule has 13 heavy (non-hydrogen) atoms. The number of alkyl carbamates (subject to hydrolysis) is 1. The molecule has 0 spiro atoms. The molecule has 0 bridgehead atoms. The predicted molar refractivity (Wildman–Crippen MR) is 57.8 cm³/mol. The first kappa shape index (κ1) is 12.7. The molecule has 76 valence electrons. The van der Waals surface area contributed by atoms with Gasteiger partial charge in [0.15, 0.2) is 0 Å². The number of carbonyl (C=O) groups is 2. The molecule has 0 fully saturated rings. The summed E-state index contributed by atoms with van der Waals surface area (Å²) >= 11 is 1.68. The minimum atomic E-state index is -0.560. The lowest BCUT2D eigenvalue weighted by molar-refractivity contribution is -0.112. The van der Waals surface area contributed by atoms with Crippen molar-refractivity contribution in [2.45, 2.75) is 26.3 Å². The van der Waals surface area contributed by atoms with Crippen LogP contribution in [0.2, 0.25) is 0 Å². The fourth-order valence-electron chi connectivity index (χ4n) is 0.844. The Labute approximate surface area is 91.5 Å². The van der Waals surface area contributed by atoms with Gasteiger partial charge in [-0.15, -0.1) is 0 Å². The van der Waals surface area contributed by atoms with Crippen molar-refractivity contribution in [3.05, 3.63) is 0 Å². The molecule has 0 aromatic carbocycles. The highest BCUT2D eigenvalue weighted by molar-refractivity contribution is 14.1. The van der Waals surface area contributed by atoms with Gasteiger partial charge in [-0.1, -0.05) is 20.3 Å². The van der Waals surface area contributed by atoms with Crippen molar-refractivity contribution < 1.29 is 14.3 Å². The lowest BCUT2D eigenvalue weighted by atomic mass is 10.0. The van der Waals surface area contributed by atoms with Crippen LogP contribution in [0.25, 0.3) is 0 Å². The van der Waals surface area contributed by atoms with Crippen molar-refractivity contribution in [2.75, 3.05) is 7.11 Å². The molecule has 2 unspecified atom stereocenters. The Hall–Kier alpha value is -0.330. The third-order valence-corrected chi connectivity index (χ3v) is 2.59. The normalized spacial score (nSPS) is 14.5. The van der Waals surface area contributed by atoms with Crippen molar-refractivity contribution in [1.82, 2.24) is 5.32 Å². The number of hydrogen-bond donors (Lipinski definition) is 1. The Balaban J connectivity index is 4.26. The minimum Gasteiger partial charge on any atom is -0.453 e. The number of hydrogen-bond acceptors (Lipinski definition) is 3. The Kier molecular flexibility index (Phi) is 6.02. The number of nitrogens with one attached hydrogen (secondary N) is 1. The van der Waals surface area contributed by atoms with Gasteiger partial charge in [-0.25, -0.2) is 4.79 Å². The Morgan fingerprint density at radius 3 is 2.38 bits per heavy atom. The third-order valence-electron chi connectivity index (χ3n) is 1.92. The molecule has 0 heterocycles. The molecule has 4 nitrogen and oxygen atoms in total. The summed E-state index contributed by atoms with van der Waals surface area (Å²) in [6.07, 6.45) is 0.277. The van der Waals surface area contributed by atoms with Crippen LogP contribution in [-0.2, 0) is 9.53 Å². The lowest BCUT2D eigenvalue weighted by Crippen LogP contribution is -2.43. The van der Waals surface area contributed by atoms with Crippen molar-refractivity contribution in [3.8, 4) is 0 Å². The van der Waals surface area contributed by atoms with E-state index in [1.165, 1.54) is 7.11 Å². The van der Waals surface area contributed by atoms with Crippen molar-refractivity contribution in [2.24, 2.45) is 5.92 Å². The molecule has 5 heteroatoms. The number of rotatable bonds is 4. The van der Waals surface area contributed by atoms with Crippen LogP contribution in [0.4, 0.5) is 4.79 Å². The molecule has 1 amide bonds. The van der Waals surface area contributed by atoms with Gasteiger partial charge in [0.1, 0.15) is 6.04 Å². The van der Waals surface area contributed by atoms with E-state index < -0.39 is 12.1 Å². The van der Waals surface area contributed by atoms with Crippen LogP contribution >= 0.6 is 22.6 Å². The number of ether oxygens (including phenoxy) is 1. The second-order valence-electron chi connectivity index (χ2n) is 2.80. The molecule has 0 aliphatic carbocycles. The summed E-state index contributed by atoms with van der Waals surface area (Å²) in [5.41, 5.74) is 0. The summed E-state index contributed by atoms with van der Waals surface area (Å²) in [7, 11) is 1.28. The topological polar surface area (TPSA) is 55.4 Å². The summed E-state index contributed by atoms with van der Waals surface area (Å²) in [4.78, 5) is 22.0. The predicted octanol–water partition coefficient (Wildman–Crippen LogP) is 1.72. The molecule has 0 aliphatic heterocycles. The molecular weight excluding hydrogens is 285 g/mol. The summed E-state index contributed by atoms with van der Waals surface area (Å²) in [6, 6.07) is -0.446. The monoisotopic (exact) mass is 299 g/mol. The van der Waals surface area contributed by atoms with E-state index in [1.54, 1.807) is 22.6 Å². The Morgan fingerprint density at radius 1 is 1.54 bits per heavy atom. The van der Waals surface area contributed by atoms with Gasteiger partial charge < -0.3 is 10.1 Å². The summed E-state index contributed by atoms with van der Waals surface area (Å²) < 4.78 is 4.35.